The lowest BCUT2D eigenvalue weighted by atomic mass is 9.97. The third kappa shape index (κ3) is 9.96. The van der Waals surface area contributed by atoms with E-state index in [1.165, 1.54) is 57.1 Å². The maximum atomic E-state index is 12.1. The second-order valence-corrected chi connectivity index (χ2v) is 8.14. The molecule has 0 unspecified atom stereocenters. The zero-order chi connectivity index (χ0) is 23.2. The van der Waals surface area contributed by atoms with Crippen molar-refractivity contribution >= 4 is 29.2 Å². The van der Waals surface area contributed by atoms with E-state index in [1.54, 1.807) is 5.57 Å². The van der Waals surface area contributed by atoms with Gasteiger partial charge in [0.25, 0.3) is 0 Å². The fourth-order valence-corrected chi connectivity index (χ4v) is 3.87. The van der Waals surface area contributed by atoms with Crippen molar-refractivity contribution in [3.05, 3.63) is 35.9 Å². The first kappa shape index (κ1) is 25.4. The summed E-state index contributed by atoms with van der Waals surface area (Å²) < 4.78 is 0. The Morgan fingerprint density at radius 1 is 0.875 bits per heavy atom. The number of carbonyl (C=O) groups is 3. The Morgan fingerprint density at radius 2 is 1.53 bits per heavy atom. The van der Waals surface area contributed by atoms with E-state index in [1.807, 2.05) is 12.1 Å². The molecule has 8 nitrogen and oxygen atoms in total. The number of hydrogen-bond acceptors (Lipinski definition) is 5. The van der Waals surface area contributed by atoms with E-state index in [4.69, 9.17) is 19.8 Å². The molecule has 1 aliphatic heterocycles. The molecule has 0 spiro atoms. The maximum absolute atomic E-state index is 12.1. The molecule has 0 atom stereocenters. The molecule has 1 aliphatic carbocycles. The van der Waals surface area contributed by atoms with Crippen LogP contribution in [0.5, 0.6) is 0 Å². The van der Waals surface area contributed by atoms with Crippen LogP contribution in [0.1, 0.15) is 57.8 Å². The van der Waals surface area contributed by atoms with Gasteiger partial charge in [-0.15, -0.1) is 0 Å². The number of allylic oxidation sites excluding steroid dienone is 1. The van der Waals surface area contributed by atoms with Crippen LogP contribution in [0.15, 0.2) is 35.9 Å². The molecule has 32 heavy (non-hydrogen) atoms. The van der Waals surface area contributed by atoms with E-state index >= 15 is 0 Å². The van der Waals surface area contributed by atoms with Crippen molar-refractivity contribution < 1.29 is 24.6 Å². The number of nitrogens with one attached hydrogen (secondary N) is 2. The molecule has 3 rings (SSSR count). The van der Waals surface area contributed by atoms with Gasteiger partial charge in [-0.2, -0.15) is 0 Å². The molecule has 1 aromatic carbocycles. The predicted octanol–water partition coefficient (Wildman–Crippen LogP) is 3.64. The normalized spacial score (nSPS) is 16.1. The lowest BCUT2D eigenvalue weighted by Gasteiger charge is -2.22. The minimum atomic E-state index is -1.82. The van der Waals surface area contributed by atoms with Crippen LogP contribution in [0.3, 0.4) is 0 Å². The standard InChI is InChI=1S/C22H33N3O.C2H2O4/c26-22(18-23-15-14-19-8-4-3-5-9-19)24-20-10-12-21(13-11-20)25-16-6-1-2-7-17-25;3-1(4)2(5)6/h8,10-13,23H,1-7,9,14-18H2,(H,24,26);(H,3,4)(H,5,6). The third-order valence-corrected chi connectivity index (χ3v) is 5.60. The van der Waals surface area contributed by atoms with Crippen LogP contribution in [0.25, 0.3) is 0 Å². The van der Waals surface area contributed by atoms with Crippen molar-refractivity contribution in [2.75, 3.05) is 36.4 Å². The molecule has 1 fully saturated rings. The molecular weight excluding hydrogens is 410 g/mol. The van der Waals surface area contributed by atoms with Crippen molar-refractivity contribution in [1.29, 1.82) is 0 Å². The smallest absolute Gasteiger partial charge is 0.414 e. The Kier molecular flexibility index (Phi) is 11.3. The van der Waals surface area contributed by atoms with Gasteiger partial charge in [0, 0.05) is 24.5 Å². The molecular formula is C24H35N3O5. The number of carboxylic acid groups (broad SMARTS) is 2. The van der Waals surface area contributed by atoms with Crippen molar-refractivity contribution in [2.24, 2.45) is 0 Å². The molecule has 176 valence electrons. The summed E-state index contributed by atoms with van der Waals surface area (Å²) in [5.41, 5.74) is 3.70. The van der Waals surface area contributed by atoms with E-state index in [9.17, 15) is 4.79 Å². The number of amides is 1. The van der Waals surface area contributed by atoms with Crippen LogP contribution in [0, 0.1) is 0 Å². The summed E-state index contributed by atoms with van der Waals surface area (Å²) >= 11 is 0. The van der Waals surface area contributed by atoms with Crippen molar-refractivity contribution in [2.45, 2.75) is 57.8 Å². The Hall–Kier alpha value is -2.87. The Labute approximate surface area is 189 Å². The van der Waals surface area contributed by atoms with Gasteiger partial charge in [-0.25, -0.2) is 9.59 Å². The van der Waals surface area contributed by atoms with Gasteiger partial charge in [-0.1, -0.05) is 24.5 Å². The first-order valence-electron chi connectivity index (χ1n) is 11.5. The fraction of sp³-hybridized carbons (Fsp3) is 0.542. The summed E-state index contributed by atoms with van der Waals surface area (Å²) in [5, 5.41) is 21.0. The van der Waals surface area contributed by atoms with Crippen LogP contribution < -0.4 is 15.5 Å². The summed E-state index contributed by atoms with van der Waals surface area (Å²) in [6.07, 6.45) is 13.8. The number of hydrogen-bond donors (Lipinski definition) is 4. The van der Waals surface area contributed by atoms with Crippen molar-refractivity contribution in [1.82, 2.24) is 5.32 Å². The second kappa shape index (κ2) is 14.2. The highest BCUT2D eigenvalue weighted by molar-refractivity contribution is 6.27. The minimum Gasteiger partial charge on any atom is -0.473 e. The molecule has 8 heteroatoms. The Morgan fingerprint density at radius 3 is 2.09 bits per heavy atom. The summed E-state index contributed by atoms with van der Waals surface area (Å²) in [6, 6.07) is 8.30. The number of benzene rings is 1. The number of nitrogens with zero attached hydrogens (tertiary/aromatic N) is 1. The van der Waals surface area contributed by atoms with Crippen LogP contribution in [-0.4, -0.2) is 54.2 Å². The van der Waals surface area contributed by atoms with Gasteiger partial charge in [0.1, 0.15) is 0 Å². The van der Waals surface area contributed by atoms with Gasteiger partial charge in [-0.3, -0.25) is 4.79 Å². The summed E-state index contributed by atoms with van der Waals surface area (Å²) in [6.45, 7) is 3.55. The van der Waals surface area contributed by atoms with Gasteiger partial charge in [0.15, 0.2) is 0 Å². The second-order valence-electron chi connectivity index (χ2n) is 8.14. The Balaban J connectivity index is 0.000000534. The molecule has 1 aromatic rings. The zero-order valence-electron chi connectivity index (χ0n) is 18.6. The quantitative estimate of drug-likeness (QED) is 0.287. The van der Waals surface area contributed by atoms with Gasteiger partial charge in [0.2, 0.25) is 5.91 Å². The molecule has 1 heterocycles. The fourth-order valence-electron chi connectivity index (χ4n) is 3.87. The highest BCUT2D eigenvalue weighted by Crippen LogP contribution is 2.22. The van der Waals surface area contributed by atoms with E-state index in [0.29, 0.717) is 6.54 Å². The van der Waals surface area contributed by atoms with Crippen LogP contribution in [0.2, 0.25) is 0 Å². The zero-order valence-corrected chi connectivity index (χ0v) is 18.6. The summed E-state index contributed by atoms with van der Waals surface area (Å²) in [4.78, 5) is 32.8. The summed E-state index contributed by atoms with van der Waals surface area (Å²) in [5.74, 6) is -3.62. The van der Waals surface area contributed by atoms with E-state index in [2.05, 4.69) is 33.7 Å². The molecule has 0 radical (unpaired) electrons. The van der Waals surface area contributed by atoms with Crippen LogP contribution in [-0.2, 0) is 14.4 Å². The molecule has 4 N–H and O–H groups in total. The van der Waals surface area contributed by atoms with E-state index in [-0.39, 0.29) is 5.91 Å². The van der Waals surface area contributed by atoms with E-state index in [0.717, 1.165) is 31.7 Å². The SMILES string of the molecule is O=C(CNCCC1=CCCCC1)Nc1ccc(N2CCCCCC2)cc1.O=C(O)C(=O)O. The largest absolute Gasteiger partial charge is 0.473 e. The lowest BCUT2D eigenvalue weighted by Crippen LogP contribution is -2.29. The Bertz CT molecular complexity index is 756. The molecule has 1 amide bonds. The van der Waals surface area contributed by atoms with Gasteiger partial charge >= 0.3 is 11.9 Å². The van der Waals surface area contributed by atoms with Crippen LogP contribution in [0.4, 0.5) is 11.4 Å². The number of rotatable bonds is 7. The lowest BCUT2D eigenvalue weighted by molar-refractivity contribution is -0.159. The average Bonchev–Trinajstić information content (AvgIpc) is 3.08. The number of carbonyl (C=O) groups excluding carboxylic acids is 1. The van der Waals surface area contributed by atoms with Crippen molar-refractivity contribution in [3.63, 3.8) is 0 Å². The third-order valence-electron chi connectivity index (χ3n) is 5.60. The first-order chi connectivity index (χ1) is 15.5. The number of carboxylic acids is 2. The predicted molar refractivity (Wildman–Crippen MR) is 125 cm³/mol. The molecule has 1 saturated heterocycles. The first-order valence-corrected chi connectivity index (χ1v) is 11.5. The monoisotopic (exact) mass is 445 g/mol. The van der Waals surface area contributed by atoms with Gasteiger partial charge in [0.05, 0.1) is 6.54 Å². The number of anilines is 2. The van der Waals surface area contributed by atoms with Crippen molar-refractivity contribution in [3.8, 4) is 0 Å². The van der Waals surface area contributed by atoms with E-state index < -0.39 is 11.9 Å². The molecule has 0 bridgehead atoms. The van der Waals surface area contributed by atoms with Gasteiger partial charge in [-0.05, 0) is 75.8 Å². The summed E-state index contributed by atoms with van der Waals surface area (Å²) in [7, 11) is 0. The molecule has 0 aromatic heterocycles. The average molecular weight is 446 g/mol. The van der Waals surface area contributed by atoms with Crippen LogP contribution >= 0.6 is 0 Å². The topological polar surface area (TPSA) is 119 Å². The number of aliphatic carboxylic acids is 2. The highest BCUT2D eigenvalue weighted by Gasteiger charge is 2.10. The highest BCUT2D eigenvalue weighted by atomic mass is 16.4. The molecule has 2 aliphatic rings. The van der Waals surface area contributed by atoms with Gasteiger partial charge < -0.3 is 25.7 Å². The minimum absolute atomic E-state index is 0.0325. The maximum Gasteiger partial charge on any atom is 0.414 e. The molecule has 0 saturated carbocycles.